The van der Waals surface area contributed by atoms with Crippen molar-refractivity contribution >= 4 is 5.91 Å². The maximum Gasteiger partial charge on any atom is 0.223 e. The molecule has 4 nitrogen and oxygen atoms in total. The van der Waals surface area contributed by atoms with E-state index < -0.39 is 0 Å². The van der Waals surface area contributed by atoms with Crippen LogP contribution in [0.2, 0.25) is 0 Å². The molecular formula is C17H23N3O. The molecule has 0 aliphatic carbocycles. The Kier molecular flexibility index (Phi) is 5.77. The van der Waals surface area contributed by atoms with Crippen LogP contribution in [0.4, 0.5) is 0 Å². The summed E-state index contributed by atoms with van der Waals surface area (Å²) < 4.78 is 0. The second-order valence-corrected chi connectivity index (χ2v) is 5.60. The van der Waals surface area contributed by atoms with E-state index in [1.807, 2.05) is 23.1 Å². The first-order chi connectivity index (χ1) is 10.2. The van der Waals surface area contributed by atoms with Crippen molar-refractivity contribution in [3.63, 3.8) is 0 Å². The normalized spacial score (nSPS) is 16.3. The second kappa shape index (κ2) is 7.80. The van der Waals surface area contributed by atoms with Crippen LogP contribution in [-0.2, 0) is 4.79 Å². The number of carbonyl (C=O) groups is 1. The van der Waals surface area contributed by atoms with Crippen LogP contribution in [0, 0.1) is 11.3 Å². The van der Waals surface area contributed by atoms with Gasteiger partial charge >= 0.3 is 0 Å². The van der Waals surface area contributed by atoms with Crippen molar-refractivity contribution in [2.75, 3.05) is 19.6 Å². The molecule has 4 heteroatoms. The van der Waals surface area contributed by atoms with E-state index >= 15 is 0 Å². The second-order valence-electron chi connectivity index (χ2n) is 5.60. The van der Waals surface area contributed by atoms with Gasteiger partial charge in [0.2, 0.25) is 5.91 Å². The summed E-state index contributed by atoms with van der Waals surface area (Å²) in [4.78, 5) is 14.0. The summed E-state index contributed by atoms with van der Waals surface area (Å²) >= 11 is 0. The van der Waals surface area contributed by atoms with Crippen LogP contribution in [-0.4, -0.2) is 30.4 Å². The molecule has 1 unspecified atom stereocenters. The van der Waals surface area contributed by atoms with E-state index in [1.54, 1.807) is 6.07 Å². The minimum absolute atomic E-state index is 0.146. The molecule has 0 bridgehead atoms. The predicted octanol–water partition coefficient (Wildman–Crippen LogP) is 2.61. The van der Waals surface area contributed by atoms with E-state index in [0.717, 1.165) is 31.5 Å². The zero-order chi connectivity index (χ0) is 15.1. The fraction of sp³-hybridized carbons (Fsp3) is 0.529. The van der Waals surface area contributed by atoms with Gasteiger partial charge in [-0.25, -0.2) is 0 Å². The third-order valence-corrected chi connectivity index (χ3v) is 4.01. The molecule has 112 valence electrons. The maximum absolute atomic E-state index is 12.1. The monoisotopic (exact) mass is 285 g/mol. The highest BCUT2D eigenvalue weighted by atomic mass is 16.2. The van der Waals surface area contributed by atoms with Gasteiger partial charge in [-0.1, -0.05) is 12.1 Å². The number of hydrogen-bond acceptors (Lipinski definition) is 3. The summed E-state index contributed by atoms with van der Waals surface area (Å²) in [7, 11) is 0. The minimum Gasteiger partial charge on any atom is -0.343 e. The third kappa shape index (κ3) is 4.57. The highest BCUT2D eigenvalue weighted by Gasteiger charge is 2.16. The molecular weight excluding hydrogens is 262 g/mol. The Morgan fingerprint density at radius 3 is 2.86 bits per heavy atom. The number of nitriles is 1. The van der Waals surface area contributed by atoms with Crippen molar-refractivity contribution in [1.82, 2.24) is 10.2 Å². The molecule has 0 radical (unpaired) electrons. The van der Waals surface area contributed by atoms with Gasteiger partial charge in [0.1, 0.15) is 0 Å². The van der Waals surface area contributed by atoms with E-state index in [-0.39, 0.29) is 11.9 Å². The quantitative estimate of drug-likeness (QED) is 0.904. The summed E-state index contributed by atoms with van der Waals surface area (Å²) in [5, 5.41) is 12.3. The van der Waals surface area contributed by atoms with Gasteiger partial charge in [0.25, 0.3) is 0 Å². The van der Waals surface area contributed by atoms with E-state index in [0.29, 0.717) is 18.5 Å². The van der Waals surface area contributed by atoms with Crippen molar-refractivity contribution < 1.29 is 4.79 Å². The Labute approximate surface area is 126 Å². The number of benzene rings is 1. The molecule has 1 fully saturated rings. The molecule has 1 aliphatic rings. The number of nitrogens with zero attached hydrogens (tertiary/aromatic N) is 2. The SMILES string of the molecule is CC(NCCC(=O)N1CCCCC1)c1cccc(C#N)c1. The summed E-state index contributed by atoms with van der Waals surface area (Å²) in [6, 6.07) is 9.89. The fourth-order valence-electron chi connectivity index (χ4n) is 2.69. The molecule has 0 saturated carbocycles. The molecule has 1 aromatic rings. The van der Waals surface area contributed by atoms with Crippen molar-refractivity contribution in [2.24, 2.45) is 0 Å². The van der Waals surface area contributed by atoms with Crippen molar-refractivity contribution in [1.29, 1.82) is 5.26 Å². The van der Waals surface area contributed by atoms with E-state index in [4.69, 9.17) is 5.26 Å². The third-order valence-electron chi connectivity index (χ3n) is 4.01. The smallest absolute Gasteiger partial charge is 0.223 e. The van der Waals surface area contributed by atoms with Crippen LogP contribution in [0.5, 0.6) is 0 Å². The predicted molar refractivity (Wildman–Crippen MR) is 82.6 cm³/mol. The zero-order valence-corrected chi connectivity index (χ0v) is 12.6. The van der Waals surface area contributed by atoms with Gasteiger partial charge in [-0.2, -0.15) is 5.26 Å². The summed E-state index contributed by atoms with van der Waals surface area (Å²) in [6.07, 6.45) is 4.06. The Morgan fingerprint density at radius 2 is 2.14 bits per heavy atom. The lowest BCUT2D eigenvalue weighted by Crippen LogP contribution is -2.37. The first-order valence-electron chi connectivity index (χ1n) is 7.72. The van der Waals surface area contributed by atoms with Crippen molar-refractivity contribution in [2.45, 2.75) is 38.6 Å². The van der Waals surface area contributed by atoms with Crippen molar-refractivity contribution in [3.8, 4) is 6.07 Å². The van der Waals surface area contributed by atoms with E-state index in [2.05, 4.69) is 18.3 Å². The first-order valence-corrected chi connectivity index (χ1v) is 7.72. The number of hydrogen-bond donors (Lipinski definition) is 1. The molecule has 0 spiro atoms. The van der Waals surface area contributed by atoms with E-state index in [9.17, 15) is 4.79 Å². The van der Waals surface area contributed by atoms with Crippen LogP contribution in [0.3, 0.4) is 0 Å². The number of likely N-dealkylation sites (tertiary alicyclic amines) is 1. The van der Waals surface area contributed by atoms with E-state index in [1.165, 1.54) is 6.42 Å². The molecule has 21 heavy (non-hydrogen) atoms. The average Bonchev–Trinajstić information content (AvgIpc) is 2.55. The number of nitrogens with one attached hydrogen (secondary N) is 1. The maximum atomic E-state index is 12.1. The molecule has 1 amide bonds. The lowest BCUT2D eigenvalue weighted by molar-refractivity contribution is -0.132. The summed E-state index contributed by atoms with van der Waals surface area (Å²) in [6.45, 7) is 4.56. The van der Waals surface area contributed by atoms with Crippen LogP contribution in [0.25, 0.3) is 0 Å². The lowest BCUT2D eigenvalue weighted by atomic mass is 10.1. The van der Waals surface area contributed by atoms with Crippen LogP contribution < -0.4 is 5.32 Å². The zero-order valence-electron chi connectivity index (χ0n) is 12.6. The molecule has 2 rings (SSSR count). The van der Waals surface area contributed by atoms with Crippen LogP contribution in [0.15, 0.2) is 24.3 Å². The molecule has 0 aromatic heterocycles. The topological polar surface area (TPSA) is 56.1 Å². The number of rotatable bonds is 5. The first kappa shape index (κ1) is 15.5. The van der Waals surface area contributed by atoms with Crippen molar-refractivity contribution in [3.05, 3.63) is 35.4 Å². The van der Waals surface area contributed by atoms with Crippen LogP contribution >= 0.6 is 0 Å². The molecule has 1 atom stereocenters. The summed E-state index contributed by atoms with van der Waals surface area (Å²) in [5.74, 6) is 0.250. The minimum atomic E-state index is 0.146. The number of carbonyl (C=O) groups excluding carboxylic acids is 1. The number of piperidine rings is 1. The van der Waals surface area contributed by atoms with Gasteiger partial charge in [-0.05, 0) is 43.9 Å². The van der Waals surface area contributed by atoms with Gasteiger partial charge < -0.3 is 10.2 Å². The Balaban J connectivity index is 1.77. The summed E-state index contributed by atoms with van der Waals surface area (Å²) in [5.41, 5.74) is 1.75. The Bertz CT molecular complexity index is 515. The van der Waals surface area contributed by atoms with Gasteiger partial charge in [0.15, 0.2) is 0 Å². The number of amides is 1. The van der Waals surface area contributed by atoms with Crippen LogP contribution in [0.1, 0.15) is 49.8 Å². The molecule has 1 N–H and O–H groups in total. The van der Waals surface area contributed by atoms with Gasteiger partial charge in [0.05, 0.1) is 11.6 Å². The highest BCUT2D eigenvalue weighted by molar-refractivity contribution is 5.76. The molecule has 1 heterocycles. The Hall–Kier alpha value is -1.86. The highest BCUT2D eigenvalue weighted by Crippen LogP contribution is 2.14. The molecule has 1 aromatic carbocycles. The average molecular weight is 285 g/mol. The largest absolute Gasteiger partial charge is 0.343 e. The molecule has 1 saturated heterocycles. The lowest BCUT2D eigenvalue weighted by Gasteiger charge is -2.27. The van der Waals surface area contributed by atoms with Gasteiger partial charge in [0, 0.05) is 32.1 Å². The van der Waals surface area contributed by atoms with Gasteiger partial charge in [-0.15, -0.1) is 0 Å². The standard InChI is InChI=1S/C17H23N3O/c1-14(16-7-5-6-15(12-16)13-18)19-9-8-17(21)20-10-3-2-4-11-20/h5-7,12,14,19H,2-4,8-11H2,1H3. The Morgan fingerprint density at radius 1 is 1.38 bits per heavy atom. The fourth-order valence-corrected chi connectivity index (χ4v) is 2.69. The van der Waals surface area contributed by atoms with Gasteiger partial charge in [-0.3, -0.25) is 4.79 Å². The molecule has 1 aliphatic heterocycles.